The summed E-state index contributed by atoms with van der Waals surface area (Å²) >= 11 is 12.2. The number of para-hydroxylation sites is 1. The molecule has 0 spiro atoms. The number of benzene rings is 2. The molecular formula is C23H21Cl2F3N6O3. The van der Waals surface area contributed by atoms with Crippen molar-refractivity contribution in [1.82, 2.24) is 29.1 Å². The van der Waals surface area contributed by atoms with E-state index in [2.05, 4.69) is 15.2 Å². The van der Waals surface area contributed by atoms with Gasteiger partial charge in [0.2, 0.25) is 0 Å². The lowest BCUT2D eigenvalue weighted by molar-refractivity contribution is -0.207. The third-order valence-corrected chi connectivity index (χ3v) is 5.90. The van der Waals surface area contributed by atoms with Gasteiger partial charge in [-0.05, 0) is 50.2 Å². The molecule has 9 nitrogen and oxygen atoms in total. The number of rotatable bonds is 7. The van der Waals surface area contributed by atoms with Gasteiger partial charge in [-0.15, -0.1) is 10.2 Å². The average Bonchev–Trinajstić information content (AvgIpc) is 3.36. The van der Waals surface area contributed by atoms with Crippen molar-refractivity contribution in [3.63, 3.8) is 0 Å². The van der Waals surface area contributed by atoms with E-state index in [1.165, 1.54) is 42.8 Å². The molecule has 196 valence electrons. The molecule has 1 atom stereocenters. The molecule has 0 saturated heterocycles. The lowest BCUT2D eigenvalue weighted by Crippen LogP contribution is -2.37. The number of aliphatic hydroxyl groups excluding tert-OH is 1. The second-order valence-electron chi connectivity index (χ2n) is 8.71. The van der Waals surface area contributed by atoms with Crippen molar-refractivity contribution in [3.05, 3.63) is 80.7 Å². The van der Waals surface area contributed by atoms with Crippen LogP contribution in [0.2, 0.25) is 10.0 Å². The summed E-state index contributed by atoms with van der Waals surface area (Å²) in [5, 5.41) is 29.6. The largest absolute Gasteiger partial charge is 0.416 e. The normalized spacial score (nSPS) is 13.2. The second-order valence-corrected chi connectivity index (χ2v) is 9.56. The highest BCUT2D eigenvalue weighted by molar-refractivity contribution is 6.32. The minimum Gasteiger partial charge on any atom is -0.382 e. The van der Waals surface area contributed by atoms with Crippen LogP contribution in [-0.2, 0) is 18.7 Å². The van der Waals surface area contributed by atoms with Gasteiger partial charge < -0.3 is 10.2 Å². The van der Waals surface area contributed by atoms with Crippen LogP contribution in [0.25, 0.3) is 17.1 Å². The Labute approximate surface area is 218 Å². The van der Waals surface area contributed by atoms with Gasteiger partial charge in [-0.2, -0.15) is 13.2 Å². The van der Waals surface area contributed by atoms with Gasteiger partial charge in [0, 0.05) is 10.6 Å². The molecule has 0 bridgehead atoms. The Kier molecular flexibility index (Phi) is 7.21. The Balaban J connectivity index is 1.80. The molecule has 0 amide bonds. The maximum absolute atomic E-state index is 13.1. The molecule has 0 aliphatic carbocycles. The van der Waals surface area contributed by atoms with Gasteiger partial charge in [0.1, 0.15) is 12.1 Å². The van der Waals surface area contributed by atoms with Gasteiger partial charge in [-0.3, -0.25) is 4.57 Å². The van der Waals surface area contributed by atoms with Crippen molar-refractivity contribution < 1.29 is 23.4 Å². The minimum absolute atomic E-state index is 0.0443. The lowest BCUT2D eigenvalue weighted by atomic mass is 10.1. The predicted molar refractivity (Wildman–Crippen MR) is 130 cm³/mol. The zero-order valence-electron chi connectivity index (χ0n) is 19.5. The highest BCUT2D eigenvalue weighted by Crippen LogP contribution is 2.27. The number of aliphatic hydroxyl groups is 2. The van der Waals surface area contributed by atoms with Gasteiger partial charge >= 0.3 is 11.9 Å². The Morgan fingerprint density at radius 1 is 1.03 bits per heavy atom. The van der Waals surface area contributed by atoms with Gasteiger partial charge in [0.25, 0.3) is 0 Å². The van der Waals surface area contributed by atoms with Crippen LogP contribution in [0.3, 0.4) is 0 Å². The highest BCUT2D eigenvalue weighted by atomic mass is 35.5. The molecule has 4 rings (SSSR count). The van der Waals surface area contributed by atoms with Crippen LogP contribution in [0, 0.1) is 0 Å². The summed E-state index contributed by atoms with van der Waals surface area (Å²) in [6.07, 6.45) is -7.75. The smallest absolute Gasteiger partial charge is 0.382 e. The van der Waals surface area contributed by atoms with E-state index in [-0.39, 0.29) is 24.0 Å². The van der Waals surface area contributed by atoms with Crippen molar-refractivity contribution in [2.24, 2.45) is 0 Å². The molecule has 0 aliphatic rings. The maximum Gasteiger partial charge on any atom is 0.416 e. The minimum atomic E-state index is -4.95. The third-order valence-electron chi connectivity index (χ3n) is 5.33. The second kappa shape index (κ2) is 9.93. The van der Waals surface area contributed by atoms with E-state index in [1.807, 2.05) is 0 Å². The van der Waals surface area contributed by atoms with Gasteiger partial charge in [-0.25, -0.2) is 19.1 Å². The fourth-order valence-electron chi connectivity index (χ4n) is 3.54. The summed E-state index contributed by atoms with van der Waals surface area (Å²) < 4.78 is 42.2. The highest BCUT2D eigenvalue weighted by Gasteiger charge is 2.39. The molecule has 2 heterocycles. The van der Waals surface area contributed by atoms with E-state index in [9.17, 15) is 28.2 Å². The topological polar surface area (TPSA) is 111 Å². The Bertz CT molecular complexity index is 1470. The van der Waals surface area contributed by atoms with Crippen molar-refractivity contribution in [2.45, 2.75) is 44.8 Å². The van der Waals surface area contributed by atoms with Crippen molar-refractivity contribution in [1.29, 1.82) is 0 Å². The molecule has 2 N–H and O–H groups in total. The van der Waals surface area contributed by atoms with Gasteiger partial charge in [-0.1, -0.05) is 35.3 Å². The van der Waals surface area contributed by atoms with Crippen LogP contribution in [0.15, 0.2) is 53.3 Å². The first-order chi connectivity index (χ1) is 17.3. The van der Waals surface area contributed by atoms with E-state index < -0.39 is 30.1 Å². The number of aromatic nitrogens is 6. The zero-order valence-corrected chi connectivity index (χ0v) is 21.0. The van der Waals surface area contributed by atoms with E-state index in [0.717, 1.165) is 9.25 Å². The van der Waals surface area contributed by atoms with E-state index in [4.69, 9.17) is 23.2 Å². The standard InChI is InChI=1S/C23H21Cl2F3N6O3/c1-22(2,37)20-29-18(30-34(20)16-6-4-3-5-15(16)25)12-33-21(36)32(11-17(35)23(26,27)28)19(31-33)13-7-9-14(24)10-8-13/h3-10,17,35,37H,11-12H2,1-2H3/t17-/m0/s1. The summed E-state index contributed by atoms with van der Waals surface area (Å²) in [6.45, 7) is 1.57. The molecule has 0 saturated carbocycles. The molecule has 14 heteroatoms. The van der Waals surface area contributed by atoms with Crippen LogP contribution in [-0.4, -0.2) is 51.6 Å². The van der Waals surface area contributed by atoms with E-state index in [0.29, 0.717) is 21.3 Å². The van der Waals surface area contributed by atoms with Crippen molar-refractivity contribution in [3.8, 4) is 17.1 Å². The Hall–Kier alpha value is -3.19. The quantitative estimate of drug-likeness (QED) is 0.358. The summed E-state index contributed by atoms with van der Waals surface area (Å²) in [5.41, 5.74) is -1.65. The monoisotopic (exact) mass is 556 g/mol. The summed E-state index contributed by atoms with van der Waals surface area (Å²) in [5.74, 6) is 0.0505. The predicted octanol–water partition coefficient (Wildman–Crippen LogP) is 3.80. The summed E-state index contributed by atoms with van der Waals surface area (Å²) in [7, 11) is 0. The fourth-order valence-corrected chi connectivity index (χ4v) is 3.88. The van der Waals surface area contributed by atoms with Crippen molar-refractivity contribution >= 4 is 23.2 Å². The first-order valence-electron chi connectivity index (χ1n) is 10.9. The molecular weight excluding hydrogens is 536 g/mol. The van der Waals surface area contributed by atoms with Gasteiger partial charge in [0.05, 0.1) is 17.3 Å². The summed E-state index contributed by atoms with van der Waals surface area (Å²) in [4.78, 5) is 17.5. The SMILES string of the molecule is CC(C)(O)c1nc(Cn2nc(-c3ccc(Cl)cc3)n(C[C@H](O)C(F)(F)F)c2=O)nn1-c1ccccc1Cl. The van der Waals surface area contributed by atoms with Crippen LogP contribution in [0.5, 0.6) is 0 Å². The number of hydrogen-bond donors (Lipinski definition) is 2. The van der Waals surface area contributed by atoms with Crippen molar-refractivity contribution in [2.75, 3.05) is 0 Å². The molecule has 0 fully saturated rings. The third kappa shape index (κ3) is 5.72. The number of halogens is 5. The maximum atomic E-state index is 13.1. The first kappa shape index (κ1) is 26.9. The van der Waals surface area contributed by atoms with Gasteiger partial charge in [0.15, 0.2) is 23.6 Å². The van der Waals surface area contributed by atoms with E-state index >= 15 is 0 Å². The molecule has 0 radical (unpaired) electrons. The van der Waals surface area contributed by atoms with Crippen LogP contribution in [0.1, 0.15) is 25.5 Å². The Morgan fingerprint density at radius 2 is 1.68 bits per heavy atom. The van der Waals surface area contributed by atoms with Crippen LogP contribution >= 0.6 is 23.2 Å². The van der Waals surface area contributed by atoms with Crippen LogP contribution < -0.4 is 5.69 Å². The number of nitrogens with zero attached hydrogens (tertiary/aromatic N) is 6. The van der Waals surface area contributed by atoms with E-state index in [1.54, 1.807) is 24.3 Å². The molecule has 37 heavy (non-hydrogen) atoms. The molecule has 0 aliphatic heterocycles. The lowest BCUT2D eigenvalue weighted by Gasteiger charge is -2.17. The number of alkyl halides is 3. The Morgan fingerprint density at radius 3 is 2.27 bits per heavy atom. The summed E-state index contributed by atoms with van der Waals surface area (Å²) in [6, 6.07) is 12.7. The zero-order chi connectivity index (χ0) is 27.1. The fraction of sp³-hybridized carbons (Fsp3) is 0.304. The average molecular weight is 557 g/mol. The van der Waals surface area contributed by atoms with Crippen LogP contribution in [0.4, 0.5) is 13.2 Å². The molecule has 2 aromatic heterocycles. The first-order valence-corrected chi connectivity index (χ1v) is 11.6. The molecule has 2 aromatic carbocycles. The number of hydrogen-bond acceptors (Lipinski definition) is 6. The molecule has 0 unspecified atom stereocenters. The molecule has 4 aromatic rings.